The first-order chi connectivity index (χ1) is 13.3. The number of rotatable bonds is 6. The molecule has 144 valence electrons. The van der Waals surface area contributed by atoms with E-state index in [2.05, 4.69) is 22.3 Å². The fourth-order valence-corrected chi connectivity index (χ4v) is 3.97. The average molecular weight is 368 g/mol. The molecule has 0 spiro atoms. The molecular formula is C22H28N2O3. The van der Waals surface area contributed by atoms with Crippen LogP contribution in [0.15, 0.2) is 48.5 Å². The Hall–Kier alpha value is -2.40. The Kier molecular flexibility index (Phi) is 5.68. The summed E-state index contributed by atoms with van der Waals surface area (Å²) in [5.74, 6) is 2.62. The van der Waals surface area contributed by atoms with Gasteiger partial charge in [0, 0.05) is 19.0 Å². The maximum atomic E-state index is 6.17. The molecule has 0 bridgehead atoms. The van der Waals surface area contributed by atoms with Crippen molar-refractivity contribution in [3.63, 3.8) is 0 Å². The Labute approximate surface area is 161 Å². The second-order valence-electron chi connectivity index (χ2n) is 7.13. The lowest BCUT2D eigenvalue weighted by Gasteiger charge is -2.38. The summed E-state index contributed by atoms with van der Waals surface area (Å²) in [6.45, 7) is 3.64. The van der Waals surface area contributed by atoms with Crippen molar-refractivity contribution in [1.82, 2.24) is 5.32 Å². The molecule has 2 aromatic rings. The van der Waals surface area contributed by atoms with Crippen molar-refractivity contribution >= 4 is 5.69 Å². The van der Waals surface area contributed by atoms with E-state index in [1.807, 2.05) is 36.4 Å². The normalized spacial score (nSPS) is 19.5. The van der Waals surface area contributed by atoms with Crippen LogP contribution in [-0.4, -0.2) is 45.5 Å². The molecule has 4 rings (SSSR count). The number of anilines is 1. The zero-order chi connectivity index (χ0) is 18.5. The third kappa shape index (κ3) is 4.14. The number of para-hydroxylation sites is 4. The summed E-state index contributed by atoms with van der Waals surface area (Å²) < 4.78 is 17.7. The lowest BCUT2D eigenvalue weighted by Crippen LogP contribution is -2.45. The summed E-state index contributed by atoms with van der Waals surface area (Å²) in [5.41, 5.74) is 1.17. The van der Waals surface area contributed by atoms with Crippen LogP contribution in [0.2, 0.25) is 0 Å². The molecule has 1 N–H and O–H groups in total. The van der Waals surface area contributed by atoms with Crippen LogP contribution in [0, 0.1) is 0 Å². The molecule has 5 nitrogen and oxygen atoms in total. The number of nitrogens with zero attached hydrogens (tertiary/aromatic N) is 1. The van der Waals surface area contributed by atoms with Gasteiger partial charge in [-0.15, -0.1) is 0 Å². The van der Waals surface area contributed by atoms with E-state index in [1.54, 1.807) is 7.11 Å². The maximum absolute atomic E-state index is 6.17. The zero-order valence-corrected chi connectivity index (χ0v) is 15.9. The topological polar surface area (TPSA) is 43.0 Å². The molecule has 2 aliphatic heterocycles. The van der Waals surface area contributed by atoms with Crippen molar-refractivity contribution in [2.45, 2.75) is 31.4 Å². The molecule has 0 saturated carbocycles. The van der Waals surface area contributed by atoms with Crippen LogP contribution >= 0.6 is 0 Å². The van der Waals surface area contributed by atoms with E-state index in [1.165, 1.54) is 5.69 Å². The van der Waals surface area contributed by atoms with Gasteiger partial charge in [-0.3, -0.25) is 0 Å². The quantitative estimate of drug-likeness (QED) is 0.846. The molecule has 1 fully saturated rings. The third-order valence-corrected chi connectivity index (χ3v) is 5.40. The summed E-state index contributed by atoms with van der Waals surface area (Å²) in [4.78, 5) is 2.50. The van der Waals surface area contributed by atoms with E-state index < -0.39 is 0 Å². The molecule has 0 aliphatic carbocycles. The van der Waals surface area contributed by atoms with Crippen LogP contribution in [0.5, 0.6) is 17.2 Å². The van der Waals surface area contributed by atoms with E-state index in [-0.39, 0.29) is 6.10 Å². The van der Waals surface area contributed by atoms with Gasteiger partial charge in [0.15, 0.2) is 11.5 Å². The maximum Gasteiger partial charge on any atom is 0.161 e. The van der Waals surface area contributed by atoms with Gasteiger partial charge in [0.2, 0.25) is 0 Å². The molecule has 0 aromatic heterocycles. The Balaban J connectivity index is 1.48. The minimum atomic E-state index is 0.0684. The fourth-order valence-electron chi connectivity index (χ4n) is 3.97. The van der Waals surface area contributed by atoms with Gasteiger partial charge in [-0.2, -0.15) is 0 Å². The molecule has 27 heavy (non-hydrogen) atoms. The van der Waals surface area contributed by atoms with Gasteiger partial charge >= 0.3 is 0 Å². The second kappa shape index (κ2) is 8.53. The van der Waals surface area contributed by atoms with Crippen LogP contribution < -0.4 is 24.4 Å². The third-order valence-electron chi connectivity index (χ3n) is 5.40. The van der Waals surface area contributed by atoms with Gasteiger partial charge in [-0.1, -0.05) is 24.3 Å². The van der Waals surface area contributed by atoms with E-state index in [4.69, 9.17) is 14.2 Å². The number of ether oxygens (including phenoxy) is 3. The van der Waals surface area contributed by atoms with Gasteiger partial charge in [-0.25, -0.2) is 0 Å². The number of methoxy groups -OCH3 is 1. The van der Waals surface area contributed by atoms with Crippen molar-refractivity contribution in [1.29, 1.82) is 0 Å². The summed E-state index contributed by atoms with van der Waals surface area (Å²) in [6, 6.07) is 16.7. The van der Waals surface area contributed by atoms with Gasteiger partial charge in [0.25, 0.3) is 0 Å². The first-order valence-corrected chi connectivity index (χ1v) is 9.84. The van der Waals surface area contributed by atoms with Crippen LogP contribution in [0.1, 0.15) is 19.3 Å². The smallest absolute Gasteiger partial charge is 0.161 e. The standard InChI is InChI=1S/C22H28N2O3/c1-25-20-7-3-2-6-19(20)24(17-10-13-23-14-11-17)15-12-18-16-26-21-8-4-5-9-22(21)27-18/h2-9,17-18,23H,10-16H2,1H3. The molecule has 1 saturated heterocycles. The number of fused-ring (bicyclic) bond motifs is 1. The Bertz CT molecular complexity index is 746. The van der Waals surface area contributed by atoms with Crippen LogP contribution in [-0.2, 0) is 0 Å². The SMILES string of the molecule is COc1ccccc1N(CCC1COc2ccccc2O1)C1CCNCC1. The summed E-state index contributed by atoms with van der Waals surface area (Å²) in [6.07, 6.45) is 3.26. The summed E-state index contributed by atoms with van der Waals surface area (Å²) in [7, 11) is 1.74. The molecule has 2 aliphatic rings. The number of piperidine rings is 1. The van der Waals surface area contributed by atoms with E-state index in [0.717, 1.165) is 56.1 Å². The highest BCUT2D eigenvalue weighted by molar-refractivity contribution is 5.59. The minimum absolute atomic E-state index is 0.0684. The second-order valence-corrected chi connectivity index (χ2v) is 7.13. The van der Waals surface area contributed by atoms with Gasteiger partial charge in [0.1, 0.15) is 18.5 Å². The monoisotopic (exact) mass is 368 g/mol. The van der Waals surface area contributed by atoms with Crippen molar-refractivity contribution < 1.29 is 14.2 Å². The minimum Gasteiger partial charge on any atom is -0.495 e. The highest BCUT2D eigenvalue weighted by Crippen LogP contribution is 2.34. The molecule has 2 aromatic carbocycles. The largest absolute Gasteiger partial charge is 0.495 e. The number of benzene rings is 2. The Morgan fingerprint density at radius 1 is 1.04 bits per heavy atom. The zero-order valence-electron chi connectivity index (χ0n) is 15.9. The first kappa shape index (κ1) is 18.0. The van der Waals surface area contributed by atoms with Crippen LogP contribution in [0.25, 0.3) is 0 Å². The fraction of sp³-hybridized carbons (Fsp3) is 0.455. The van der Waals surface area contributed by atoms with Crippen molar-refractivity contribution in [3.05, 3.63) is 48.5 Å². The first-order valence-electron chi connectivity index (χ1n) is 9.84. The molecule has 0 amide bonds. The molecular weight excluding hydrogens is 340 g/mol. The van der Waals surface area contributed by atoms with Crippen molar-refractivity contribution in [2.24, 2.45) is 0 Å². The molecule has 5 heteroatoms. The van der Waals surface area contributed by atoms with Gasteiger partial charge in [0.05, 0.1) is 12.8 Å². The predicted octanol–water partition coefficient (Wildman–Crippen LogP) is 3.48. The highest BCUT2D eigenvalue weighted by Gasteiger charge is 2.26. The number of hydrogen-bond acceptors (Lipinski definition) is 5. The lowest BCUT2D eigenvalue weighted by molar-refractivity contribution is 0.0856. The Morgan fingerprint density at radius 2 is 1.78 bits per heavy atom. The lowest BCUT2D eigenvalue weighted by atomic mass is 10.0. The van der Waals surface area contributed by atoms with Crippen molar-refractivity contribution in [2.75, 3.05) is 38.3 Å². The van der Waals surface area contributed by atoms with Crippen molar-refractivity contribution in [3.8, 4) is 17.2 Å². The van der Waals surface area contributed by atoms with Gasteiger partial charge < -0.3 is 24.4 Å². The number of hydrogen-bond donors (Lipinski definition) is 1. The summed E-state index contributed by atoms with van der Waals surface area (Å²) >= 11 is 0. The highest BCUT2D eigenvalue weighted by atomic mass is 16.6. The van der Waals surface area contributed by atoms with E-state index in [9.17, 15) is 0 Å². The van der Waals surface area contributed by atoms with Crippen LogP contribution in [0.4, 0.5) is 5.69 Å². The van der Waals surface area contributed by atoms with E-state index >= 15 is 0 Å². The molecule has 1 unspecified atom stereocenters. The van der Waals surface area contributed by atoms with E-state index in [0.29, 0.717) is 12.6 Å². The Morgan fingerprint density at radius 3 is 2.59 bits per heavy atom. The predicted molar refractivity (Wildman–Crippen MR) is 107 cm³/mol. The molecule has 1 atom stereocenters. The van der Waals surface area contributed by atoms with Gasteiger partial charge in [-0.05, 0) is 50.2 Å². The molecule has 0 radical (unpaired) electrons. The summed E-state index contributed by atoms with van der Waals surface area (Å²) in [5, 5.41) is 3.46. The number of nitrogens with one attached hydrogen (secondary N) is 1. The molecule has 2 heterocycles. The average Bonchev–Trinajstić information content (AvgIpc) is 2.75. The van der Waals surface area contributed by atoms with Crippen LogP contribution in [0.3, 0.4) is 0 Å².